The van der Waals surface area contributed by atoms with Crippen LogP contribution in [0.5, 0.6) is 0 Å². The van der Waals surface area contributed by atoms with Gasteiger partial charge in [-0.3, -0.25) is 0 Å². The summed E-state index contributed by atoms with van der Waals surface area (Å²) in [5, 5.41) is 14.0. The van der Waals surface area contributed by atoms with Crippen LogP contribution in [0.2, 0.25) is 0 Å². The summed E-state index contributed by atoms with van der Waals surface area (Å²) in [5.74, 6) is -0.316. The molecular formula is C12H11FN6S. The van der Waals surface area contributed by atoms with E-state index in [1.54, 1.807) is 29.0 Å². The normalized spacial score (nSPS) is 10.7. The molecule has 8 heteroatoms. The third-order valence-electron chi connectivity index (χ3n) is 2.85. The van der Waals surface area contributed by atoms with Crippen LogP contribution in [0.3, 0.4) is 0 Å². The highest BCUT2D eigenvalue weighted by Gasteiger charge is 2.07. The summed E-state index contributed by atoms with van der Waals surface area (Å²) in [4.78, 5) is 5.24. The minimum absolute atomic E-state index is 0.316. The summed E-state index contributed by atoms with van der Waals surface area (Å²) in [6.07, 6.45) is 1.46. The fourth-order valence-electron chi connectivity index (χ4n) is 1.74. The lowest BCUT2D eigenvalue weighted by atomic mass is 10.2. The molecular weight excluding hydrogens is 279 g/mol. The number of halogens is 1. The van der Waals surface area contributed by atoms with E-state index in [4.69, 9.17) is 0 Å². The molecule has 6 nitrogen and oxygen atoms in total. The second kappa shape index (κ2) is 5.33. The summed E-state index contributed by atoms with van der Waals surface area (Å²) >= 11 is 1.54. The average Bonchev–Trinajstić information content (AvgIpc) is 3.10. The van der Waals surface area contributed by atoms with Gasteiger partial charge in [-0.1, -0.05) is 0 Å². The number of nitrogens with one attached hydrogen (secondary N) is 1. The van der Waals surface area contributed by atoms with Gasteiger partial charge >= 0.3 is 0 Å². The number of tetrazole rings is 1. The zero-order valence-corrected chi connectivity index (χ0v) is 11.4. The SMILES string of the molecule is Cc1ncsc1CNc1cc(-n2cnnn2)ccc1F. The fourth-order valence-corrected chi connectivity index (χ4v) is 2.46. The Kier molecular flexibility index (Phi) is 3.38. The number of rotatable bonds is 4. The maximum Gasteiger partial charge on any atom is 0.146 e. The van der Waals surface area contributed by atoms with Gasteiger partial charge in [0.25, 0.3) is 0 Å². The van der Waals surface area contributed by atoms with Crippen LogP contribution in [0.4, 0.5) is 10.1 Å². The molecule has 0 aliphatic rings. The highest BCUT2D eigenvalue weighted by atomic mass is 32.1. The second-order valence-electron chi connectivity index (χ2n) is 4.13. The molecule has 2 heterocycles. The van der Waals surface area contributed by atoms with Gasteiger partial charge in [0.1, 0.15) is 12.1 Å². The Morgan fingerprint density at radius 3 is 3.00 bits per heavy atom. The molecule has 20 heavy (non-hydrogen) atoms. The molecule has 0 saturated carbocycles. The molecule has 0 amide bonds. The van der Waals surface area contributed by atoms with Crippen molar-refractivity contribution in [2.75, 3.05) is 5.32 Å². The predicted molar refractivity (Wildman–Crippen MR) is 73.3 cm³/mol. The maximum atomic E-state index is 13.8. The highest BCUT2D eigenvalue weighted by Crippen LogP contribution is 2.20. The first-order chi connectivity index (χ1) is 9.74. The molecule has 2 aromatic heterocycles. The first kappa shape index (κ1) is 12.7. The molecule has 0 bridgehead atoms. The Bertz CT molecular complexity index is 709. The van der Waals surface area contributed by atoms with Gasteiger partial charge in [-0.25, -0.2) is 14.1 Å². The molecule has 1 aromatic carbocycles. The summed E-state index contributed by atoms with van der Waals surface area (Å²) in [5.41, 5.74) is 3.84. The van der Waals surface area contributed by atoms with Crippen molar-refractivity contribution in [2.45, 2.75) is 13.5 Å². The number of hydrogen-bond donors (Lipinski definition) is 1. The zero-order valence-electron chi connectivity index (χ0n) is 10.6. The third kappa shape index (κ3) is 2.50. The van der Waals surface area contributed by atoms with E-state index < -0.39 is 0 Å². The first-order valence-electron chi connectivity index (χ1n) is 5.90. The average molecular weight is 290 g/mol. The van der Waals surface area contributed by atoms with Gasteiger partial charge in [0.2, 0.25) is 0 Å². The lowest BCUT2D eigenvalue weighted by Crippen LogP contribution is -2.03. The molecule has 0 aliphatic carbocycles. The Labute approximate surface area is 118 Å². The van der Waals surface area contributed by atoms with Crippen molar-refractivity contribution in [3.05, 3.63) is 46.4 Å². The molecule has 3 aromatic rings. The van der Waals surface area contributed by atoms with Gasteiger partial charge in [0.15, 0.2) is 0 Å². The van der Waals surface area contributed by atoms with Crippen molar-refractivity contribution in [1.29, 1.82) is 0 Å². The van der Waals surface area contributed by atoms with Crippen molar-refractivity contribution in [2.24, 2.45) is 0 Å². The van der Waals surface area contributed by atoms with Gasteiger partial charge < -0.3 is 5.32 Å². The number of aryl methyl sites for hydroxylation is 1. The molecule has 0 aliphatic heterocycles. The molecule has 0 unspecified atom stereocenters. The van der Waals surface area contributed by atoms with Crippen molar-refractivity contribution in [1.82, 2.24) is 25.2 Å². The summed E-state index contributed by atoms with van der Waals surface area (Å²) in [6, 6.07) is 4.68. The van der Waals surface area contributed by atoms with Gasteiger partial charge in [0, 0.05) is 4.88 Å². The van der Waals surface area contributed by atoms with E-state index >= 15 is 0 Å². The van der Waals surface area contributed by atoms with E-state index in [-0.39, 0.29) is 5.82 Å². The van der Waals surface area contributed by atoms with Gasteiger partial charge in [-0.15, -0.1) is 16.4 Å². The third-order valence-corrected chi connectivity index (χ3v) is 3.78. The van der Waals surface area contributed by atoms with Crippen LogP contribution in [0.1, 0.15) is 10.6 Å². The van der Waals surface area contributed by atoms with E-state index in [0.717, 1.165) is 10.6 Å². The largest absolute Gasteiger partial charge is 0.378 e. The molecule has 0 radical (unpaired) electrons. The standard InChI is InChI=1S/C12H11FN6S/c1-8-12(20-7-15-8)5-14-11-4-9(2-3-10(11)13)19-6-16-17-18-19/h2-4,6-7,14H,5H2,1H3. The number of aromatic nitrogens is 5. The van der Waals surface area contributed by atoms with Gasteiger partial charge in [-0.2, -0.15) is 0 Å². The number of benzene rings is 1. The Balaban J connectivity index is 1.82. The fraction of sp³-hybridized carbons (Fsp3) is 0.167. The van der Waals surface area contributed by atoms with Crippen molar-refractivity contribution < 1.29 is 4.39 Å². The quantitative estimate of drug-likeness (QED) is 0.797. The van der Waals surface area contributed by atoms with E-state index in [9.17, 15) is 4.39 Å². The minimum atomic E-state index is -0.316. The number of thiazole rings is 1. The minimum Gasteiger partial charge on any atom is -0.378 e. The van der Waals surface area contributed by atoms with E-state index in [2.05, 4.69) is 25.8 Å². The molecule has 3 rings (SSSR count). The van der Waals surface area contributed by atoms with Crippen LogP contribution in [-0.2, 0) is 6.54 Å². The highest BCUT2D eigenvalue weighted by molar-refractivity contribution is 7.09. The van der Waals surface area contributed by atoms with Crippen LogP contribution < -0.4 is 5.32 Å². The van der Waals surface area contributed by atoms with Crippen LogP contribution in [-0.4, -0.2) is 25.2 Å². The molecule has 0 saturated heterocycles. The Hall–Kier alpha value is -2.35. The van der Waals surface area contributed by atoms with Crippen LogP contribution >= 0.6 is 11.3 Å². The number of nitrogens with zero attached hydrogens (tertiary/aromatic N) is 5. The summed E-state index contributed by atoms with van der Waals surface area (Å²) in [6.45, 7) is 2.47. The zero-order chi connectivity index (χ0) is 13.9. The van der Waals surface area contributed by atoms with Gasteiger partial charge in [-0.05, 0) is 35.5 Å². The number of anilines is 1. The molecule has 0 fully saturated rings. The first-order valence-corrected chi connectivity index (χ1v) is 6.78. The topological polar surface area (TPSA) is 68.5 Å². The Morgan fingerprint density at radius 1 is 1.40 bits per heavy atom. The van der Waals surface area contributed by atoms with E-state index in [1.807, 2.05) is 6.92 Å². The van der Waals surface area contributed by atoms with E-state index in [0.29, 0.717) is 17.9 Å². The molecule has 102 valence electrons. The smallest absolute Gasteiger partial charge is 0.146 e. The van der Waals surface area contributed by atoms with E-state index in [1.165, 1.54) is 17.1 Å². The second-order valence-corrected chi connectivity index (χ2v) is 5.07. The monoisotopic (exact) mass is 290 g/mol. The van der Waals surface area contributed by atoms with Crippen molar-refractivity contribution in [3.63, 3.8) is 0 Å². The van der Waals surface area contributed by atoms with Gasteiger partial charge in [0.05, 0.1) is 29.1 Å². The molecule has 0 spiro atoms. The number of hydrogen-bond acceptors (Lipinski definition) is 6. The van der Waals surface area contributed by atoms with Crippen LogP contribution in [0, 0.1) is 12.7 Å². The predicted octanol–water partition coefficient (Wildman–Crippen LogP) is 2.18. The van der Waals surface area contributed by atoms with Crippen LogP contribution in [0.25, 0.3) is 5.69 Å². The summed E-state index contributed by atoms with van der Waals surface area (Å²) in [7, 11) is 0. The Morgan fingerprint density at radius 2 is 2.30 bits per heavy atom. The van der Waals surface area contributed by atoms with Crippen LogP contribution in [0.15, 0.2) is 30.0 Å². The van der Waals surface area contributed by atoms with Crippen molar-refractivity contribution in [3.8, 4) is 5.69 Å². The molecule has 1 N–H and O–H groups in total. The van der Waals surface area contributed by atoms with Crippen molar-refractivity contribution >= 4 is 17.0 Å². The lowest BCUT2D eigenvalue weighted by Gasteiger charge is -2.08. The maximum absolute atomic E-state index is 13.8. The summed E-state index contributed by atoms with van der Waals surface area (Å²) < 4.78 is 15.3. The lowest BCUT2D eigenvalue weighted by molar-refractivity contribution is 0.629. The molecule has 0 atom stereocenters.